The summed E-state index contributed by atoms with van der Waals surface area (Å²) in [7, 11) is 2.82. The molecule has 3 aromatic rings. The van der Waals surface area contributed by atoms with Crippen molar-refractivity contribution in [2.45, 2.75) is 13.5 Å². The first-order chi connectivity index (χ1) is 16.9. The third-order valence-electron chi connectivity index (χ3n) is 5.65. The molecule has 0 bridgehead atoms. The van der Waals surface area contributed by atoms with Gasteiger partial charge in [-0.1, -0.05) is 42.5 Å². The van der Waals surface area contributed by atoms with Crippen molar-refractivity contribution in [1.29, 1.82) is 0 Å². The molecule has 1 N–H and O–H groups in total. The average molecular weight is 473 g/mol. The molecular weight excluding hydrogens is 446 g/mol. The molecule has 0 saturated carbocycles. The molecular formula is C28H26NO6+. The molecule has 0 saturated heterocycles. The standard InChI is InChI=1S/C28H26NO6/c1-4-34-28(31)25-24(19-8-6-5-7-9-19)22-15-14-21(16-23(22)26(25)29(2)32)35-17-18-10-12-20(13-11-18)27(30)33-3/h5-16,32H,4,17H2,1-3H3/q+1. The van der Waals surface area contributed by atoms with Gasteiger partial charge in [-0.25, -0.2) is 9.59 Å². The van der Waals surface area contributed by atoms with Gasteiger partial charge in [0.05, 0.1) is 24.8 Å². The van der Waals surface area contributed by atoms with E-state index in [0.29, 0.717) is 33.7 Å². The van der Waals surface area contributed by atoms with Crippen LogP contribution in [0.25, 0.3) is 5.57 Å². The van der Waals surface area contributed by atoms with Crippen LogP contribution < -0.4 is 4.74 Å². The zero-order valence-corrected chi connectivity index (χ0v) is 19.8. The van der Waals surface area contributed by atoms with Gasteiger partial charge >= 0.3 is 11.9 Å². The Morgan fingerprint density at radius 3 is 2.26 bits per heavy atom. The van der Waals surface area contributed by atoms with Gasteiger partial charge in [-0.3, -0.25) is 5.21 Å². The van der Waals surface area contributed by atoms with E-state index in [1.165, 1.54) is 14.2 Å². The molecule has 4 rings (SSSR count). The number of ether oxygens (including phenoxy) is 3. The van der Waals surface area contributed by atoms with Crippen molar-refractivity contribution < 1.29 is 33.7 Å². The number of nitrogens with zero attached hydrogens (tertiary/aromatic N) is 1. The summed E-state index contributed by atoms with van der Waals surface area (Å²) in [6.07, 6.45) is 0. The maximum absolute atomic E-state index is 13.0. The number of rotatable bonds is 7. The number of methoxy groups -OCH3 is 1. The molecule has 178 valence electrons. The fraction of sp³-hybridized carbons (Fsp3) is 0.179. The predicted molar refractivity (Wildman–Crippen MR) is 130 cm³/mol. The number of hydrogen-bond acceptors (Lipinski definition) is 6. The Bertz CT molecular complexity index is 1320. The number of esters is 2. The first-order valence-electron chi connectivity index (χ1n) is 11.2. The van der Waals surface area contributed by atoms with Gasteiger partial charge in [0.2, 0.25) is 0 Å². The van der Waals surface area contributed by atoms with Gasteiger partial charge in [0.25, 0.3) is 5.71 Å². The second-order valence-corrected chi connectivity index (χ2v) is 7.89. The maximum Gasteiger partial charge on any atom is 0.345 e. The summed E-state index contributed by atoms with van der Waals surface area (Å²) in [6.45, 7) is 2.23. The van der Waals surface area contributed by atoms with Gasteiger partial charge in [-0.15, -0.1) is 0 Å². The van der Waals surface area contributed by atoms with Gasteiger partial charge in [0, 0.05) is 5.57 Å². The molecule has 0 atom stereocenters. The highest BCUT2D eigenvalue weighted by atomic mass is 16.5. The van der Waals surface area contributed by atoms with Gasteiger partial charge in [-0.2, -0.15) is 0 Å². The summed E-state index contributed by atoms with van der Waals surface area (Å²) in [5.74, 6) is -0.337. The van der Waals surface area contributed by atoms with Gasteiger partial charge in [0.15, 0.2) is 7.05 Å². The average Bonchev–Trinajstić information content (AvgIpc) is 3.23. The summed E-state index contributed by atoms with van der Waals surface area (Å²) >= 11 is 0. The molecule has 0 spiro atoms. The molecule has 7 heteroatoms. The Labute approximate surface area is 203 Å². The second kappa shape index (κ2) is 10.3. The minimum Gasteiger partial charge on any atom is -0.489 e. The van der Waals surface area contributed by atoms with Crippen molar-refractivity contribution in [3.8, 4) is 5.75 Å². The molecule has 1 aliphatic rings. The van der Waals surface area contributed by atoms with Gasteiger partial charge < -0.3 is 14.2 Å². The molecule has 0 heterocycles. The Morgan fingerprint density at radius 2 is 1.63 bits per heavy atom. The van der Waals surface area contributed by atoms with E-state index in [1.54, 1.807) is 37.3 Å². The van der Waals surface area contributed by atoms with Crippen LogP contribution in [0.5, 0.6) is 5.75 Å². The normalized spacial score (nSPS) is 13.8. The number of carbonyl (C=O) groups excluding carboxylic acids is 2. The SMILES string of the molecule is CCOC(=O)C1=C(c2ccccc2)c2ccc(OCc3ccc(C(=O)OC)cc3)cc2C1=[N+](C)O. The van der Waals surface area contributed by atoms with Crippen molar-refractivity contribution in [3.05, 3.63) is 106 Å². The number of carbonyl (C=O) groups is 2. The Kier molecular flexibility index (Phi) is 6.96. The summed E-state index contributed by atoms with van der Waals surface area (Å²) < 4.78 is 17.0. The molecule has 3 aromatic carbocycles. The quantitative estimate of drug-likeness (QED) is 0.240. The van der Waals surface area contributed by atoms with Crippen LogP contribution in [-0.4, -0.2) is 48.4 Å². The number of hydrogen-bond donors (Lipinski definition) is 1. The molecule has 7 nitrogen and oxygen atoms in total. The lowest BCUT2D eigenvalue weighted by Gasteiger charge is -2.10. The fourth-order valence-electron chi connectivity index (χ4n) is 4.08. The van der Waals surface area contributed by atoms with E-state index < -0.39 is 11.9 Å². The first kappa shape index (κ1) is 23.8. The van der Waals surface area contributed by atoms with Crippen LogP contribution in [0.2, 0.25) is 0 Å². The molecule has 0 radical (unpaired) electrons. The minimum atomic E-state index is -0.508. The maximum atomic E-state index is 13.0. The van der Waals surface area contributed by atoms with E-state index in [1.807, 2.05) is 42.5 Å². The van der Waals surface area contributed by atoms with Crippen molar-refractivity contribution in [2.24, 2.45) is 0 Å². The topological polar surface area (TPSA) is 85.1 Å². The lowest BCUT2D eigenvalue weighted by Crippen LogP contribution is -2.22. The molecule has 0 aromatic heterocycles. The van der Waals surface area contributed by atoms with E-state index in [-0.39, 0.29) is 13.2 Å². The van der Waals surface area contributed by atoms with Crippen molar-refractivity contribution in [1.82, 2.24) is 0 Å². The Balaban J connectivity index is 1.69. The lowest BCUT2D eigenvalue weighted by molar-refractivity contribution is -0.753. The van der Waals surface area contributed by atoms with E-state index in [0.717, 1.165) is 21.4 Å². The Morgan fingerprint density at radius 1 is 0.914 bits per heavy atom. The van der Waals surface area contributed by atoms with E-state index in [2.05, 4.69) is 0 Å². The van der Waals surface area contributed by atoms with E-state index >= 15 is 0 Å². The minimum absolute atomic E-state index is 0.215. The first-order valence-corrected chi connectivity index (χ1v) is 11.2. The highest BCUT2D eigenvalue weighted by molar-refractivity contribution is 6.35. The molecule has 0 unspecified atom stereocenters. The molecule has 0 fully saturated rings. The van der Waals surface area contributed by atoms with Crippen LogP contribution in [0, 0.1) is 0 Å². The number of hydroxylamine groups is 1. The zero-order valence-electron chi connectivity index (χ0n) is 19.8. The highest BCUT2D eigenvalue weighted by Gasteiger charge is 2.40. The Hall–Kier alpha value is -4.39. The second-order valence-electron chi connectivity index (χ2n) is 7.89. The molecule has 0 aliphatic heterocycles. The van der Waals surface area contributed by atoms with Crippen molar-refractivity contribution in [3.63, 3.8) is 0 Å². The molecule has 35 heavy (non-hydrogen) atoms. The van der Waals surface area contributed by atoms with Crippen molar-refractivity contribution >= 4 is 23.2 Å². The third-order valence-corrected chi connectivity index (χ3v) is 5.65. The smallest absolute Gasteiger partial charge is 0.345 e. The summed E-state index contributed by atoms with van der Waals surface area (Å²) in [4.78, 5) is 24.6. The number of fused-ring (bicyclic) bond motifs is 1. The van der Waals surface area contributed by atoms with Crippen LogP contribution in [0.3, 0.4) is 0 Å². The summed E-state index contributed by atoms with van der Waals surface area (Å²) in [6, 6.07) is 22.0. The zero-order chi connectivity index (χ0) is 24.9. The molecule has 1 aliphatic carbocycles. The van der Waals surface area contributed by atoms with Crippen molar-refractivity contribution in [2.75, 3.05) is 20.8 Å². The highest BCUT2D eigenvalue weighted by Crippen LogP contribution is 2.40. The van der Waals surface area contributed by atoms with Crippen LogP contribution >= 0.6 is 0 Å². The van der Waals surface area contributed by atoms with Gasteiger partial charge in [0.1, 0.15) is 17.9 Å². The van der Waals surface area contributed by atoms with Crippen LogP contribution in [0.4, 0.5) is 0 Å². The number of benzene rings is 3. The van der Waals surface area contributed by atoms with Gasteiger partial charge in [-0.05, 0) is 58.7 Å². The summed E-state index contributed by atoms with van der Waals surface area (Å²) in [5.41, 5.74) is 4.98. The third kappa shape index (κ3) is 4.80. The van der Waals surface area contributed by atoms with Crippen LogP contribution in [0.1, 0.15) is 39.5 Å². The van der Waals surface area contributed by atoms with Crippen LogP contribution in [-0.2, 0) is 20.9 Å². The predicted octanol–water partition coefficient (Wildman–Crippen LogP) is 4.25. The van der Waals surface area contributed by atoms with E-state index in [4.69, 9.17) is 14.2 Å². The molecule has 0 amide bonds. The largest absolute Gasteiger partial charge is 0.489 e. The lowest BCUT2D eigenvalue weighted by atomic mass is 9.97. The van der Waals surface area contributed by atoms with Crippen LogP contribution in [0.15, 0.2) is 78.4 Å². The summed E-state index contributed by atoms with van der Waals surface area (Å²) in [5, 5.41) is 10.5. The monoisotopic (exact) mass is 472 g/mol. The fourth-order valence-corrected chi connectivity index (χ4v) is 4.08. The van der Waals surface area contributed by atoms with E-state index in [9.17, 15) is 14.8 Å².